The highest BCUT2D eigenvalue weighted by Crippen LogP contribution is 2.30. The number of aromatic nitrogens is 1. The number of rotatable bonds is 5. The quantitative estimate of drug-likeness (QED) is 0.396. The van der Waals surface area contributed by atoms with Crippen molar-refractivity contribution >= 4 is 28.6 Å². The monoisotopic (exact) mass is 315 g/mol. The van der Waals surface area contributed by atoms with Crippen LogP contribution in [0.3, 0.4) is 0 Å². The highest BCUT2D eigenvalue weighted by atomic mass is 16.5. The number of benzene rings is 1. The summed E-state index contributed by atoms with van der Waals surface area (Å²) >= 11 is 0. The number of carbonyl (C=O) groups excluding carboxylic acids is 3. The molecular weight excluding hydrogens is 298 g/mol. The molecule has 0 spiro atoms. The average molecular weight is 315 g/mol. The van der Waals surface area contributed by atoms with Crippen LogP contribution in [0.5, 0.6) is 0 Å². The molecule has 0 amide bonds. The van der Waals surface area contributed by atoms with Crippen molar-refractivity contribution in [3.63, 3.8) is 0 Å². The van der Waals surface area contributed by atoms with Crippen LogP contribution in [0.1, 0.15) is 28.8 Å². The van der Waals surface area contributed by atoms with Gasteiger partial charge in [-0.15, -0.1) is 0 Å². The lowest BCUT2D eigenvalue weighted by Gasteiger charge is -2.14. The van der Waals surface area contributed by atoms with Crippen LogP contribution in [-0.4, -0.2) is 36.9 Å². The van der Waals surface area contributed by atoms with Crippen LogP contribution in [0, 0.1) is 0 Å². The second-order valence-corrected chi connectivity index (χ2v) is 4.82. The van der Waals surface area contributed by atoms with E-state index in [-0.39, 0.29) is 5.78 Å². The topological polar surface area (TPSA) is 85.5 Å². The van der Waals surface area contributed by atoms with Crippen LogP contribution >= 0.6 is 0 Å². The fourth-order valence-corrected chi connectivity index (χ4v) is 2.48. The molecule has 0 saturated carbocycles. The van der Waals surface area contributed by atoms with Crippen molar-refractivity contribution in [2.75, 3.05) is 14.2 Å². The lowest BCUT2D eigenvalue weighted by atomic mass is 9.93. The number of carbonyl (C=O) groups is 3. The van der Waals surface area contributed by atoms with Gasteiger partial charge in [-0.1, -0.05) is 18.2 Å². The summed E-state index contributed by atoms with van der Waals surface area (Å²) in [5.41, 5.74) is 1.40. The fourth-order valence-electron chi connectivity index (χ4n) is 2.48. The van der Waals surface area contributed by atoms with Gasteiger partial charge >= 0.3 is 11.9 Å². The molecule has 2 aromatic rings. The van der Waals surface area contributed by atoms with Gasteiger partial charge in [-0.05, 0) is 24.6 Å². The Balaban J connectivity index is 2.72. The summed E-state index contributed by atoms with van der Waals surface area (Å²) in [6.45, 7) is 1.74. The number of esters is 2. The number of fused-ring (bicyclic) bond motifs is 1. The number of aromatic amines is 1. The first kappa shape index (κ1) is 16.5. The summed E-state index contributed by atoms with van der Waals surface area (Å²) in [4.78, 5) is 39.3. The van der Waals surface area contributed by atoms with Crippen LogP contribution in [0.25, 0.3) is 10.9 Å². The number of allylic oxidation sites excluding steroid dienone is 2. The standard InChI is InChI=1S/C17H17NO5/c1-4-6-13(19)11-9-18-12-8-5-7-10(14(11)12)15(16(20)22-2)17(21)23-3/h4-9,15,18H,1-3H3/b6-4+. The second kappa shape index (κ2) is 6.91. The van der Waals surface area contributed by atoms with Crippen molar-refractivity contribution in [1.29, 1.82) is 0 Å². The number of nitrogens with one attached hydrogen (secondary N) is 1. The van der Waals surface area contributed by atoms with E-state index >= 15 is 0 Å². The molecule has 0 aliphatic rings. The largest absolute Gasteiger partial charge is 0.468 e. The van der Waals surface area contributed by atoms with E-state index in [1.165, 1.54) is 20.3 Å². The summed E-state index contributed by atoms with van der Waals surface area (Å²) in [7, 11) is 2.39. The number of methoxy groups -OCH3 is 2. The highest BCUT2D eigenvalue weighted by molar-refractivity contribution is 6.16. The maximum atomic E-state index is 12.2. The summed E-state index contributed by atoms with van der Waals surface area (Å²) in [6.07, 6.45) is 4.61. The van der Waals surface area contributed by atoms with Crippen molar-refractivity contribution in [3.8, 4) is 0 Å². The molecule has 6 heteroatoms. The average Bonchev–Trinajstić information content (AvgIpc) is 2.99. The van der Waals surface area contributed by atoms with Crippen molar-refractivity contribution in [3.05, 3.63) is 47.7 Å². The van der Waals surface area contributed by atoms with Crippen molar-refractivity contribution < 1.29 is 23.9 Å². The van der Waals surface area contributed by atoms with Gasteiger partial charge in [-0.2, -0.15) is 0 Å². The Bertz CT molecular complexity index is 771. The van der Waals surface area contributed by atoms with Gasteiger partial charge in [0.05, 0.1) is 14.2 Å². The molecule has 0 bridgehead atoms. The normalized spacial score (nSPS) is 11.1. The summed E-state index contributed by atoms with van der Waals surface area (Å²) in [6, 6.07) is 5.06. The Kier molecular flexibility index (Phi) is 4.95. The third-order valence-electron chi connectivity index (χ3n) is 3.51. The van der Waals surface area contributed by atoms with Gasteiger partial charge in [0.2, 0.25) is 0 Å². The molecule has 0 radical (unpaired) electrons. The maximum Gasteiger partial charge on any atom is 0.324 e. The predicted octanol–water partition coefficient (Wildman–Crippen LogP) is 2.36. The van der Waals surface area contributed by atoms with Crippen LogP contribution in [-0.2, 0) is 19.1 Å². The molecule has 1 aromatic heterocycles. The van der Waals surface area contributed by atoms with Gasteiger partial charge < -0.3 is 14.5 Å². The molecule has 0 atom stereocenters. The van der Waals surface area contributed by atoms with Crippen LogP contribution in [0.15, 0.2) is 36.5 Å². The number of H-pyrrole nitrogens is 1. The number of ketones is 1. The molecule has 23 heavy (non-hydrogen) atoms. The van der Waals surface area contributed by atoms with Crippen molar-refractivity contribution in [2.24, 2.45) is 0 Å². The molecule has 0 saturated heterocycles. The van der Waals surface area contributed by atoms with Crippen LogP contribution in [0.2, 0.25) is 0 Å². The first-order valence-corrected chi connectivity index (χ1v) is 6.97. The van der Waals surface area contributed by atoms with E-state index in [9.17, 15) is 14.4 Å². The number of hydrogen-bond donors (Lipinski definition) is 1. The molecule has 0 unspecified atom stereocenters. The van der Waals surface area contributed by atoms with Gasteiger partial charge in [0.25, 0.3) is 0 Å². The van der Waals surface area contributed by atoms with Gasteiger partial charge in [0, 0.05) is 22.7 Å². The summed E-state index contributed by atoms with van der Waals surface area (Å²) in [5, 5.41) is 0.511. The van der Waals surface area contributed by atoms with Crippen LogP contribution < -0.4 is 0 Å². The SMILES string of the molecule is C/C=C/C(=O)c1c[nH]c2cccc(C(C(=O)OC)C(=O)OC)c12. The van der Waals surface area contributed by atoms with Crippen LogP contribution in [0.4, 0.5) is 0 Å². The van der Waals surface area contributed by atoms with E-state index < -0.39 is 17.9 Å². The molecule has 0 aliphatic carbocycles. The molecule has 1 N–H and O–H groups in total. The Morgan fingerprint density at radius 1 is 1.13 bits per heavy atom. The second-order valence-electron chi connectivity index (χ2n) is 4.82. The Hall–Kier alpha value is -2.89. The molecular formula is C17H17NO5. The first-order chi connectivity index (χ1) is 11.0. The Labute approximate surface area is 133 Å². The lowest BCUT2D eigenvalue weighted by Crippen LogP contribution is -2.24. The van der Waals surface area contributed by atoms with Gasteiger partial charge in [0.1, 0.15) is 0 Å². The van der Waals surface area contributed by atoms with E-state index in [4.69, 9.17) is 9.47 Å². The minimum absolute atomic E-state index is 0.223. The van der Waals surface area contributed by atoms with Crippen molar-refractivity contribution in [1.82, 2.24) is 4.98 Å². The lowest BCUT2D eigenvalue weighted by molar-refractivity contribution is -0.154. The minimum atomic E-state index is -1.25. The Morgan fingerprint density at radius 2 is 1.78 bits per heavy atom. The molecule has 6 nitrogen and oxygen atoms in total. The van der Waals surface area contributed by atoms with E-state index in [0.29, 0.717) is 22.0 Å². The third-order valence-corrected chi connectivity index (χ3v) is 3.51. The molecule has 2 rings (SSSR count). The van der Waals surface area contributed by atoms with Gasteiger partial charge in [-0.25, -0.2) is 0 Å². The Morgan fingerprint density at radius 3 is 2.35 bits per heavy atom. The summed E-state index contributed by atoms with van der Waals surface area (Å²) < 4.78 is 9.43. The number of hydrogen-bond acceptors (Lipinski definition) is 5. The van der Waals surface area contributed by atoms with Gasteiger partial charge in [-0.3, -0.25) is 14.4 Å². The molecule has 1 heterocycles. The predicted molar refractivity (Wildman–Crippen MR) is 84.2 cm³/mol. The first-order valence-electron chi connectivity index (χ1n) is 6.97. The highest BCUT2D eigenvalue weighted by Gasteiger charge is 2.33. The van der Waals surface area contributed by atoms with E-state index in [0.717, 1.165) is 0 Å². The van der Waals surface area contributed by atoms with E-state index in [1.807, 2.05) is 0 Å². The zero-order chi connectivity index (χ0) is 17.0. The zero-order valence-electron chi connectivity index (χ0n) is 13.1. The van der Waals surface area contributed by atoms with E-state index in [1.54, 1.807) is 37.4 Å². The third kappa shape index (κ3) is 3.01. The van der Waals surface area contributed by atoms with Gasteiger partial charge in [0.15, 0.2) is 11.7 Å². The minimum Gasteiger partial charge on any atom is -0.468 e. The molecule has 0 fully saturated rings. The van der Waals surface area contributed by atoms with E-state index in [2.05, 4.69) is 4.98 Å². The fraction of sp³-hybridized carbons (Fsp3) is 0.235. The summed E-state index contributed by atoms with van der Waals surface area (Å²) in [5.74, 6) is -2.95. The number of ether oxygens (including phenoxy) is 2. The smallest absolute Gasteiger partial charge is 0.324 e. The maximum absolute atomic E-state index is 12.2. The van der Waals surface area contributed by atoms with Crippen molar-refractivity contribution in [2.45, 2.75) is 12.8 Å². The molecule has 1 aromatic carbocycles. The zero-order valence-corrected chi connectivity index (χ0v) is 13.1. The molecule has 120 valence electrons. The molecule has 0 aliphatic heterocycles.